The summed E-state index contributed by atoms with van der Waals surface area (Å²) in [6.45, 7) is 3.41. The van der Waals surface area contributed by atoms with Gasteiger partial charge in [-0.05, 0) is 46.8 Å². The molecule has 0 bridgehead atoms. The monoisotopic (exact) mass is 380 g/mol. The summed E-state index contributed by atoms with van der Waals surface area (Å²) in [6, 6.07) is 5.53. The van der Waals surface area contributed by atoms with Gasteiger partial charge in [-0.3, -0.25) is 4.79 Å². The summed E-state index contributed by atoms with van der Waals surface area (Å²) in [5, 5.41) is 0.474. The zero-order valence-corrected chi connectivity index (χ0v) is 14.5. The molecule has 2 atom stereocenters. The molecule has 2 unspecified atom stereocenters. The second-order valence-corrected chi connectivity index (χ2v) is 6.25. The average molecular weight is 382 g/mol. The number of amides is 1. The van der Waals surface area contributed by atoms with Crippen LogP contribution in [-0.4, -0.2) is 29.9 Å². The van der Waals surface area contributed by atoms with Gasteiger partial charge in [0.1, 0.15) is 0 Å². The lowest BCUT2D eigenvalue weighted by molar-refractivity contribution is 0.0532. The molecule has 0 aliphatic carbocycles. The van der Waals surface area contributed by atoms with Crippen molar-refractivity contribution >= 4 is 45.8 Å². The SMILES string of the molecule is CC1CCCN(C(=O)c2cccc(Br)c2Cl)C1CN.Cl. The second kappa shape index (κ2) is 7.64. The maximum atomic E-state index is 12.7. The minimum atomic E-state index is -0.0201. The lowest BCUT2D eigenvalue weighted by Crippen LogP contribution is -2.51. The quantitative estimate of drug-likeness (QED) is 0.848. The Morgan fingerprint density at radius 3 is 2.90 bits per heavy atom. The molecule has 1 aliphatic heterocycles. The largest absolute Gasteiger partial charge is 0.334 e. The van der Waals surface area contributed by atoms with Crippen LogP contribution in [0.5, 0.6) is 0 Å². The number of halogens is 3. The molecule has 1 aliphatic rings. The smallest absolute Gasteiger partial charge is 0.255 e. The number of benzene rings is 1. The number of carbonyl (C=O) groups excluding carboxylic acids is 1. The Morgan fingerprint density at radius 2 is 2.25 bits per heavy atom. The highest BCUT2D eigenvalue weighted by Gasteiger charge is 2.32. The third kappa shape index (κ3) is 3.48. The van der Waals surface area contributed by atoms with E-state index in [9.17, 15) is 4.79 Å². The first-order valence-corrected chi connectivity index (χ1v) is 7.68. The van der Waals surface area contributed by atoms with Gasteiger partial charge < -0.3 is 10.6 Å². The molecule has 0 radical (unpaired) electrons. The molecule has 1 heterocycles. The van der Waals surface area contributed by atoms with E-state index >= 15 is 0 Å². The van der Waals surface area contributed by atoms with E-state index in [1.807, 2.05) is 17.0 Å². The van der Waals surface area contributed by atoms with Gasteiger partial charge in [0.15, 0.2) is 0 Å². The van der Waals surface area contributed by atoms with E-state index in [1.165, 1.54) is 0 Å². The van der Waals surface area contributed by atoms with E-state index in [0.29, 0.717) is 23.0 Å². The van der Waals surface area contributed by atoms with Crippen LogP contribution in [0, 0.1) is 5.92 Å². The maximum Gasteiger partial charge on any atom is 0.255 e. The van der Waals surface area contributed by atoms with Gasteiger partial charge in [0, 0.05) is 23.6 Å². The first-order chi connectivity index (χ1) is 9.06. The van der Waals surface area contributed by atoms with E-state index in [0.717, 1.165) is 23.9 Å². The van der Waals surface area contributed by atoms with Gasteiger partial charge in [-0.15, -0.1) is 12.4 Å². The lowest BCUT2D eigenvalue weighted by Gasteiger charge is -2.39. The minimum Gasteiger partial charge on any atom is -0.334 e. The Hall–Kier alpha value is -0.290. The number of carbonyl (C=O) groups is 1. The topological polar surface area (TPSA) is 46.3 Å². The lowest BCUT2D eigenvalue weighted by atomic mass is 9.90. The number of nitrogens with two attached hydrogens (primary N) is 1. The summed E-state index contributed by atoms with van der Waals surface area (Å²) in [5.74, 6) is 0.418. The highest BCUT2D eigenvalue weighted by Crippen LogP contribution is 2.30. The number of likely N-dealkylation sites (tertiary alicyclic amines) is 1. The van der Waals surface area contributed by atoms with Gasteiger partial charge in [0.25, 0.3) is 5.91 Å². The predicted molar refractivity (Wildman–Crippen MR) is 88.7 cm³/mol. The highest BCUT2D eigenvalue weighted by molar-refractivity contribution is 9.10. The molecular weight excluding hydrogens is 363 g/mol. The molecular formula is C14H19BrCl2N2O. The van der Waals surface area contributed by atoms with E-state index in [2.05, 4.69) is 22.9 Å². The fraction of sp³-hybridized carbons (Fsp3) is 0.500. The predicted octanol–water partition coefficient (Wildman–Crippen LogP) is 3.72. The van der Waals surface area contributed by atoms with Crippen molar-refractivity contribution in [2.24, 2.45) is 11.7 Å². The van der Waals surface area contributed by atoms with E-state index in [-0.39, 0.29) is 24.4 Å². The van der Waals surface area contributed by atoms with Crippen molar-refractivity contribution in [1.29, 1.82) is 0 Å². The van der Waals surface area contributed by atoms with Gasteiger partial charge in [0.05, 0.1) is 10.6 Å². The average Bonchev–Trinajstić information content (AvgIpc) is 2.41. The van der Waals surface area contributed by atoms with Crippen molar-refractivity contribution in [3.63, 3.8) is 0 Å². The number of hydrogen-bond donors (Lipinski definition) is 1. The van der Waals surface area contributed by atoms with Crippen LogP contribution >= 0.6 is 39.9 Å². The molecule has 1 aromatic rings. The minimum absolute atomic E-state index is 0. The Morgan fingerprint density at radius 1 is 1.55 bits per heavy atom. The molecule has 0 saturated carbocycles. The normalized spacial score (nSPS) is 22.3. The molecule has 0 aromatic heterocycles. The molecule has 20 heavy (non-hydrogen) atoms. The molecule has 1 amide bonds. The van der Waals surface area contributed by atoms with Crippen LogP contribution in [0.15, 0.2) is 22.7 Å². The molecule has 112 valence electrons. The Balaban J connectivity index is 0.00000200. The molecule has 1 saturated heterocycles. The van der Waals surface area contributed by atoms with Crippen molar-refractivity contribution in [3.8, 4) is 0 Å². The number of nitrogens with zero attached hydrogens (tertiary/aromatic N) is 1. The summed E-state index contributed by atoms with van der Waals surface area (Å²) < 4.78 is 0.745. The van der Waals surface area contributed by atoms with Crippen molar-refractivity contribution in [1.82, 2.24) is 4.90 Å². The molecule has 2 N–H and O–H groups in total. The number of piperidine rings is 1. The van der Waals surface area contributed by atoms with E-state index in [1.54, 1.807) is 6.07 Å². The highest BCUT2D eigenvalue weighted by atomic mass is 79.9. The van der Waals surface area contributed by atoms with Gasteiger partial charge in [-0.25, -0.2) is 0 Å². The van der Waals surface area contributed by atoms with E-state index in [4.69, 9.17) is 17.3 Å². The van der Waals surface area contributed by atoms with Crippen LogP contribution in [-0.2, 0) is 0 Å². The fourth-order valence-corrected chi connectivity index (χ4v) is 3.26. The first kappa shape index (κ1) is 17.8. The van der Waals surface area contributed by atoms with Gasteiger partial charge in [-0.2, -0.15) is 0 Å². The third-order valence-corrected chi connectivity index (χ3v) is 5.10. The van der Waals surface area contributed by atoms with Crippen LogP contribution in [0.25, 0.3) is 0 Å². The molecule has 3 nitrogen and oxygen atoms in total. The Kier molecular flexibility index (Phi) is 6.79. The summed E-state index contributed by atoms with van der Waals surface area (Å²) >= 11 is 9.56. The summed E-state index contributed by atoms with van der Waals surface area (Å²) in [5.41, 5.74) is 6.38. The van der Waals surface area contributed by atoms with Crippen LogP contribution in [0.4, 0.5) is 0 Å². The van der Waals surface area contributed by atoms with Crippen molar-refractivity contribution in [2.75, 3.05) is 13.1 Å². The molecule has 0 spiro atoms. The zero-order chi connectivity index (χ0) is 14.0. The second-order valence-electron chi connectivity index (χ2n) is 5.02. The van der Waals surface area contributed by atoms with Gasteiger partial charge in [-0.1, -0.05) is 24.6 Å². The molecule has 6 heteroatoms. The van der Waals surface area contributed by atoms with Crippen molar-refractivity contribution in [2.45, 2.75) is 25.8 Å². The molecule has 2 rings (SSSR count). The number of hydrogen-bond acceptors (Lipinski definition) is 2. The Labute approximate surface area is 139 Å². The van der Waals surface area contributed by atoms with Crippen LogP contribution in [0.2, 0.25) is 5.02 Å². The first-order valence-electron chi connectivity index (χ1n) is 6.51. The van der Waals surface area contributed by atoms with Crippen molar-refractivity contribution in [3.05, 3.63) is 33.3 Å². The van der Waals surface area contributed by atoms with E-state index < -0.39 is 0 Å². The third-order valence-electron chi connectivity index (χ3n) is 3.80. The molecule has 1 fully saturated rings. The van der Waals surface area contributed by atoms with Crippen LogP contribution in [0.1, 0.15) is 30.1 Å². The summed E-state index contributed by atoms with van der Waals surface area (Å²) in [7, 11) is 0. The summed E-state index contributed by atoms with van der Waals surface area (Å²) in [6.07, 6.45) is 2.15. The maximum absolute atomic E-state index is 12.7. The van der Waals surface area contributed by atoms with Gasteiger partial charge in [0.2, 0.25) is 0 Å². The standard InChI is InChI=1S/C14H18BrClN2O.ClH/c1-9-4-3-7-18(12(9)8-17)14(19)10-5-2-6-11(15)13(10)16;/h2,5-6,9,12H,3-4,7-8,17H2,1H3;1H. The zero-order valence-electron chi connectivity index (χ0n) is 11.3. The van der Waals surface area contributed by atoms with Gasteiger partial charge >= 0.3 is 0 Å². The summed E-state index contributed by atoms with van der Waals surface area (Å²) in [4.78, 5) is 14.5. The van der Waals surface area contributed by atoms with Crippen LogP contribution in [0.3, 0.4) is 0 Å². The molecule has 1 aromatic carbocycles. The van der Waals surface area contributed by atoms with Crippen molar-refractivity contribution < 1.29 is 4.79 Å². The number of rotatable bonds is 2. The van der Waals surface area contributed by atoms with Crippen LogP contribution < -0.4 is 5.73 Å². The Bertz CT molecular complexity index is 484. The fourth-order valence-electron chi connectivity index (χ4n) is 2.68.